The molecule has 5 saturated heterocycles. The number of hydrogen-bond acceptors (Lipinski definition) is 26. The third-order valence-corrected chi connectivity index (χ3v) is 23.0. The highest BCUT2D eigenvalue weighted by Crippen LogP contribution is 2.30. The van der Waals surface area contributed by atoms with Gasteiger partial charge in [0.25, 0.3) is 0 Å². The number of carbonyl (C=O) groups is 18. The van der Waals surface area contributed by atoms with Gasteiger partial charge in [-0.2, -0.15) is 13.2 Å². The van der Waals surface area contributed by atoms with Crippen molar-refractivity contribution >= 4 is 150 Å². The number of aliphatic hydroxyl groups is 2. The minimum absolute atomic E-state index is 0.00468. The number of nitrogens with one attached hydrogen (secondary N) is 11. The van der Waals surface area contributed by atoms with Gasteiger partial charge in [0.05, 0.1) is 32.1 Å². The van der Waals surface area contributed by atoms with Crippen LogP contribution in [0.25, 0.3) is 0 Å². The highest BCUT2D eigenvalue weighted by molar-refractivity contribution is 8.77. The lowest BCUT2D eigenvalue weighted by Gasteiger charge is -2.33. The molecule has 5 fully saturated rings. The third-order valence-electron chi connectivity index (χ3n) is 18.2. The van der Waals surface area contributed by atoms with E-state index < -0.39 is 252 Å². The summed E-state index contributed by atoms with van der Waals surface area (Å²) in [7, 11) is 3.20. The van der Waals surface area contributed by atoms with Gasteiger partial charge in [0.15, 0.2) is 0 Å². The average Bonchev–Trinajstić information content (AvgIpc) is 1.64. The van der Waals surface area contributed by atoms with Gasteiger partial charge in [-0.3, -0.25) is 81.5 Å². The van der Waals surface area contributed by atoms with Crippen molar-refractivity contribution in [1.29, 1.82) is 0 Å². The lowest BCUT2D eigenvalue weighted by Crippen LogP contribution is -2.62. The Morgan fingerprint density at radius 3 is 1.52 bits per heavy atom. The van der Waals surface area contributed by atoms with Crippen LogP contribution in [0.15, 0.2) is 54.6 Å². The van der Waals surface area contributed by atoms with Crippen molar-refractivity contribution in [2.75, 3.05) is 55.8 Å². The molecular weight excluding hydrogens is 1600 g/mol. The number of benzene rings is 2. The van der Waals surface area contributed by atoms with E-state index in [1.54, 1.807) is 30.3 Å². The molecule has 0 aliphatic carbocycles. The second kappa shape index (κ2) is 43.9. The van der Waals surface area contributed by atoms with Crippen LogP contribution in [0.4, 0.5) is 13.2 Å². The van der Waals surface area contributed by atoms with Crippen molar-refractivity contribution in [3.63, 3.8) is 0 Å². The van der Waals surface area contributed by atoms with Gasteiger partial charge in [0, 0.05) is 55.5 Å². The zero-order valence-corrected chi connectivity index (χ0v) is 64.5. The summed E-state index contributed by atoms with van der Waals surface area (Å²) in [6.45, 7) is 0.222. The average molecular weight is 1690 g/mol. The van der Waals surface area contributed by atoms with Gasteiger partial charge in [-0.25, -0.2) is 4.79 Å². The molecular formula is C67H90F3N17O23S4. The molecule has 2 aromatic rings. The predicted molar refractivity (Wildman–Crippen MR) is 400 cm³/mol. The van der Waals surface area contributed by atoms with Crippen LogP contribution in [0, 0.1) is 0 Å². The molecule has 15 atom stereocenters. The molecule has 0 radical (unpaired) electrons. The van der Waals surface area contributed by atoms with Gasteiger partial charge in [-0.05, 0) is 75.6 Å². The van der Waals surface area contributed by atoms with E-state index in [1.807, 2.05) is 0 Å². The van der Waals surface area contributed by atoms with Gasteiger partial charge in [-0.1, -0.05) is 85.6 Å². The van der Waals surface area contributed by atoms with Crippen molar-refractivity contribution in [1.82, 2.24) is 73.2 Å². The van der Waals surface area contributed by atoms with E-state index in [-0.39, 0.29) is 76.8 Å². The van der Waals surface area contributed by atoms with E-state index in [1.165, 1.54) is 41.0 Å². The second-order valence-electron chi connectivity index (χ2n) is 26.7. The number of carboxylic acid groups (broad SMARTS) is 2. The summed E-state index contributed by atoms with van der Waals surface area (Å²) >= 11 is 0. The Hall–Kier alpha value is -10.2. The number of primary amides is 2. The Labute approximate surface area is 664 Å². The zero-order valence-electron chi connectivity index (χ0n) is 61.2. The van der Waals surface area contributed by atoms with E-state index in [4.69, 9.17) is 27.1 Å². The van der Waals surface area contributed by atoms with Crippen molar-refractivity contribution < 1.29 is 125 Å². The van der Waals surface area contributed by atoms with E-state index in [0.717, 1.165) is 55.0 Å². The van der Waals surface area contributed by atoms with Crippen LogP contribution in [0.3, 0.4) is 0 Å². The Morgan fingerprint density at radius 2 is 0.982 bits per heavy atom. The first-order valence-corrected chi connectivity index (χ1v) is 40.4. The van der Waals surface area contributed by atoms with Gasteiger partial charge < -0.3 is 116 Å². The number of hydrogen-bond donors (Lipinski definition) is 19. The number of alkyl halides is 3. The number of aliphatic hydroxyl groups excluding tert-OH is 2. The number of rotatable bonds is 13. The molecule has 1 unspecified atom stereocenters. The molecule has 114 heavy (non-hydrogen) atoms. The molecule has 5 aliphatic heterocycles. The van der Waals surface area contributed by atoms with Crippen molar-refractivity contribution in [3.05, 3.63) is 65.7 Å². The van der Waals surface area contributed by atoms with Crippen LogP contribution in [0.5, 0.6) is 5.75 Å². The highest BCUT2D eigenvalue weighted by Gasteiger charge is 2.47. The minimum Gasteiger partial charge on any atom is -0.508 e. The van der Waals surface area contributed by atoms with Gasteiger partial charge >= 0.3 is 18.1 Å². The molecule has 0 aromatic heterocycles. The number of phenolic OH excluding ortho intramolecular Hbond substituents is 1. The van der Waals surface area contributed by atoms with E-state index in [0.29, 0.717) is 11.1 Å². The Morgan fingerprint density at radius 1 is 0.526 bits per heavy atom. The maximum Gasteiger partial charge on any atom is 0.490 e. The summed E-state index contributed by atoms with van der Waals surface area (Å²) < 4.78 is 31.7. The molecule has 5 aliphatic rings. The number of aliphatic carboxylic acids is 2. The van der Waals surface area contributed by atoms with Crippen molar-refractivity contribution in [2.24, 2.45) is 17.2 Å². The summed E-state index contributed by atoms with van der Waals surface area (Å²) in [5.74, 6) is -23.2. The standard InChI is InChI=1S/C65H89N17O21S4.C2HF3O2/c1-31-53(91)79-51(32(2)84)62(100)74-39(23-48(67)86)64(102)80-18-6-11-45(80)60(98)72-37(24-50(88)89)55(93)76-41(52(68)90)27-104-106-29-43-59(97)75-40(26-83)56(94)73-38(22-34-14-16-35(85)17-15-34)63(101)82-20-8-13-47(82)65(103)81-19-7-12-46(81)61(99)78-44(30-107-105-28-42(57(95)77-43)70-49(87)25-66)58(96)71-36(54(92)69-31)21-33-9-4-3-5-10-33;3-2(4,5)1(6)7/h3-5,9-10,14-17,31-32,36-47,51,83-85H,6-8,11-13,18-30,66H2,1-2H3,(H2,67,86)(H2,68,90)(H,69,92)(H,70,87)(H,71,96)(H,72,98)(H,73,94)(H,74,100)(H,75,97)(H,76,93)(H,77,95)(H,78,99)(H,79,91)(H,88,89);(H,6,7)/t31-,32+,36-,37-,38-,39-,40?,41-,42-,43-,44-,45-,46-,47-,51-;/m0./s1. The molecule has 5 heterocycles. The van der Waals surface area contributed by atoms with Crippen LogP contribution >= 0.6 is 43.2 Å². The van der Waals surface area contributed by atoms with Crippen LogP contribution in [-0.2, 0) is 99.1 Å². The lowest BCUT2D eigenvalue weighted by atomic mass is 10.0. The summed E-state index contributed by atoms with van der Waals surface area (Å²) in [4.78, 5) is 252. The van der Waals surface area contributed by atoms with Crippen LogP contribution in [0.1, 0.15) is 76.3 Å². The number of aromatic hydroxyl groups is 1. The topological polar surface area (TPSA) is 629 Å². The number of nitrogens with two attached hydrogens (primary N) is 3. The van der Waals surface area contributed by atoms with E-state index in [9.17, 15) is 106 Å². The second-order valence-corrected chi connectivity index (χ2v) is 31.8. The largest absolute Gasteiger partial charge is 0.508 e. The summed E-state index contributed by atoms with van der Waals surface area (Å²) in [5, 5.41) is 75.9. The third kappa shape index (κ3) is 27.5. The lowest BCUT2D eigenvalue weighted by molar-refractivity contribution is -0.192. The minimum atomic E-state index is -5.08. The number of carbonyl (C=O) groups excluding carboxylic acids is 16. The molecule has 22 N–H and O–H groups in total. The monoisotopic (exact) mass is 1690 g/mol. The van der Waals surface area contributed by atoms with Crippen LogP contribution < -0.4 is 75.7 Å². The predicted octanol–water partition coefficient (Wildman–Crippen LogP) is -6.91. The zero-order chi connectivity index (χ0) is 84.4. The first-order valence-electron chi connectivity index (χ1n) is 35.5. The molecule has 0 spiro atoms. The van der Waals surface area contributed by atoms with Crippen LogP contribution in [0.2, 0.25) is 0 Å². The summed E-state index contributed by atoms with van der Waals surface area (Å²) in [6.07, 6.45) is -8.80. The maximum absolute atomic E-state index is 15.0. The quantitative estimate of drug-likeness (QED) is 0.0829. The molecule has 47 heteroatoms. The molecule has 16 amide bonds. The number of carboxylic acids is 2. The number of fused-ring (bicyclic) bond motifs is 11. The molecule has 40 nitrogen and oxygen atoms in total. The highest BCUT2D eigenvalue weighted by atomic mass is 33.1. The van der Waals surface area contributed by atoms with E-state index in [2.05, 4.69) is 58.5 Å². The van der Waals surface area contributed by atoms with Gasteiger partial charge in [0.1, 0.15) is 90.3 Å². The molecule has 7 rings (SSSR count). The fourth-order valence-electron chi connectivity index (χ4n) is 12.3. The number of halogens is 3. The van der Waals surface area contributed by atoms with Gasteiger partial charge in [0.2, 0.25) is 94.5 Å². The Bertz CT molecular complexity index is 3880. The number of phenols is 1. The van der Waals surface area contributed by atoms with Gasteiger partial charge in [-0.15, -0.1) is 0 Å². The van der Waals surface area contributed by atoms with E-state index >= 15 is 9.59 Å². The SMILES string of the molecule is C[C@@H]1NC(=O)[C@H](Cc2ccccc2)NC(=O)[C@@H]2CSSC[C@H](NC(=O)CN)C(=O)N[C@@H](CSSC[C@@H](C(N)=O)NC(=O)[C@H](CC(=O)O)NC(=O)[C@@H]3CCCN3C(=O)[C@H](CC(N)=O)NC(=O)[C@H]([C@@H](C)O)NC1=O)C(=O)NC(CO)C(=O)N[C@@H](Cc1ccc(O)cc1)C(=O)N1CCC[C@H]1C(=O)N1CCC[C@H]1C(=O)N2.O=C(O)C(F)(F)F. The molecule has 2 bridgehead atoms. The Balaban J connectivity index is 0.00000275. The van der Waals surface area contributed by atoms with Crippen molar-refractivity contribution in [3.8, 4) is 5.75 Å². The Kier molecular flexibility index (Phi) is 35.6. The summed E-state index contributed by atoms with van der Waals surface area (Å²) in [6, 6.07) is -9.48. The fourth-order valence-corrected chi connectivity index (χ4v) is 16.9. The molecule has 0 saturated carbocycles. The normalized spacial score (nSPS) is 27.4. The molecule has 2 aromatic carbocycles. The smallest absolute Gasteiger partial charge is 0.490 e. The maximum atomic E-state index is 15.0. The summed E-state index contributed by atoms with van der Waals surface area (Å²) in [5.41, 5.74) is 17.8. The fraction of sp³-hybridized carbons (Fsp3) is 0.552. The molecule has 626 valence electrons. The van der Waals surface area contributed by atoms with Crippen molar-refractivity contribution in [2.45, 2.75) is 175 Å². The number of amides is 16. The first kappa shape index (κ1) is 92.6. The number of nitrogens with zero attached hydrogens (tertiary/aromatic N) is 3. The first-order chi connectivity index (χ1) is 53.8. The van der Waals surface area contributed by atoms with Crippen LogP contribution in [-0.4, -0.2) is 299 Å².